The lowest BCUT2D eigenvalue weighted by molar-refractivity contribution is -0.144. The number of para-hydroxylation sites is 2. The highest BCUT2D eigenvalue weighted by Crippen LogP contribution is 2.28. The van der Waals surface area contributed by atoms with Gasteiger partial charge in [-0.15, -0.1) is 0 Å². The van der Waals surface area contributed by atoms with E-state index < -0.39 is 51.5 Å². The van der Waals surface area contributed by atoms with Crippen LogP contribution < -0.4 is 39.7 Å². The van der Waals surface area contributed by atoms with Gasteiger partial charge in [0.2, 0.25) is 17.7 Å². The van der Waals surface area contributed by atoms with Crippen molar-refractivity contribution in [3.8, 4) is 28.9 Å². The number of hydrogen-bond donors (Lipinski definition) is 2. The predicted molar refractivity (Wildman–Crippen MR) is 182 cm³/mol. The van der Waals surface area contributed by atoms with E-state index in [0.717, 1.165) is 13.1 Å². The van der Waals surface area contributed by atoms with E-state index in [1.165, 1.54) is 44.6 Å². The van der Waals surface area contributed by atoms with Gasteiger partial charge in [-0.05, 0) is 51.1 Å². The summed E-state index contributed by atoms with van der Waals surface area (Å²) in [6, 6.07) is 10.3. The first-order chi connectivity index (χ1) is 24.8. The van der Waals surface area contributed by atoms with Crippen LogP contribution in [0.3, 0.4) is 0 Å². The molecule has 2 amide bonds. The first-order valence-corrected chi connectivity index (χ1v) is 16.7. The van der Waals surface area contributed by atoms with Crippen molar-refractivity contribution in [2.24, 2.45) is 7.05 Å². The summed E-state index contributed by atoms with van der Waals surface area (Å²) >= 11 is 5.94. The molecule has 0 saturated carbocycles. The molecule has 22 heteroatoms. The number of benzene rings is 2. The molecule has 0 atom stereocenters. The van der Waals surface area contributed by atoms with Gasteiger partial charge in [0, 0.05) is 13.1 Å². The van der Waals surface area contributed by atoms with Crippen molar-refractivity contribution >= 4 is 39.9 Å². The Labute approximate surface area is 304 Å². The monoisotopic (exact) mass is 788 g/mol. The summed E-state index contributed by atoms with van der Waals surface area (Å²) in [5, 5.41) is 2.16. The fourth-order valence-corrected chi connectivity index (χ4v) is 4.95. The van der Waals surface area contributed by atoms with E-state index in [1.54, 1.807) is 37.6 Å². The third-order valence-electron chi connectivity index (χ3n) is 6.27. The molecular weight excluding hydrogens is 757 g/mol. The number of nitrogens with one attached hydrogen (secondary N) is 2. The Kier molecular flexibility index (Phi) is 13.8. The van der Waals surface area contributed by atoms with E-state index in [-0.39, 0.29) is 45.5 Å². The lowest BCUT2D eigenvalue weighted by Crippen LogP contribution is -2.40. The van der Waals surface area contributed by atoms with Crippen molar-refractivity contribution < 1.29 is 54.3 Å². The fourth-order valence-electron chi connectivity index (χ4n) is 4.06. The van der Waals surface area contributed by atoms with Crippen LogP contribution in [-0.4, -0.2) is 66.5 Å². The molecule has 0 unspecified atom stereocenters. The zero-order valence-corrected chi connectivity index (χ0v) is 30.3. The average Bonchev–Trinajstić information content (AvgIpc) is 3.06. The number of hydrogen-bond acceptors (Lipinski definition) is 13. The third kappa shape index (κ3) is 11.3. The molecule has 0 saturated heterocycles. The fraction of sp³-hybridized carbons (Fsp3) is 0.290. The van der Waals surface area contributed by atoms with Crippen molar-refractivity contribution in [2.75, 3.05) is 26.1 Å². The van der Waals surface area contributed by atoms with Gasteiger partial charge in [0.05, 0.1) is 49.3 Å². The van der Waals surface area contributed by atoms with Crippen LogP contribution >= 0.6 is 11.6 Å². The van der Waals surface area contributed by atoms with Crippen LogP contribution in [0.4, 0.5) is 23.9 Å². The molecule has 0 fully saturated rings. The Bertz CT molecular complexity index is 2170. The number of ether oxygens (including phenoxy) is 4. The minimum absolute atomic E-state index is 0.0104. The van der Waals surface area contributed by atoms with Crippen molar-refractivity contribution in [3.63, 3.8) is 0 Å². The number of alkyl halides is 3. The summed E-state index contributed by atoms with van der Waals surface area (Å²) in [6.45, 7) is 5.28. The summed E-state index contributed by atoms with van der Waals surface area (Å²) in [5.41, 5.74) is -4.01. The number of aromatic nitrogens is 4. The van der Waals surface area contributed by atoms with Gasteiger partial charge in [-0.3, -0.25) is 14.7 Å². The lowest BCUT2D eigenvalue weighted by atomic mass is 10.2. The van der Waals surface area contributed by atoms with Crippen molar-refractivity contribution in [2.45, 2.75) is 33.1 Å². The highest BCUT2D eigenvalue weighted by Gasteiger charge is 2.35. The second kappa shape index (κ2) is 17.6. The number of halogens is 4. The Morgan fingerprint density at radius 1 is 0.962 bits per heavy atom. The molecule has 4 rings (SSSR count). The maximum absolute atomic E-state index is 12.9. The van der Waals surface area contributed by atoms with Crippen LogP contribution in [-0.2, 0) is 28.3 Å². The molecule has 53 heavy (non-hydrogen) atoms. The molecule has 2 heterocycles. The van der Waals surface area contributed by atoms with Gasteiger partial charge in [-0.1, -0.05) is 23.7 Å². The van der Waals surface area contributed by atoms with Gasteiger partial charge in [-0.2, -0.15) is 31.6 Å². The summed E-state index contributed by atoms with van der Waals surface area (Å²) in [4.78, 5) is 56.1. The number of nitrogens with zero attached hydrogens (tertiary/aromatic N) is 4. The van der Waals surface area contributed by atoms with Crippen LogP contribution in [0.15, 0.2) is 64.2 Å². The molecule has 0 aliphatic heterocycles. The van der Waals surface area contributed by atoms with E-state index in [1.807, 2.05) is 0 Å². The van der Waals surface area contributed by atoms with Crippen LogP contribution in [0, 0.1) is 0 Å². The van der Waals surface area contributed by atoms with Gasteiger partial charge in [0.15, 0.2) is 11.5 Å². The zero-order chi connectivity index (χ0) is 39.7. The molecule has 2 aromatic heterocycles. The maximum atomic E-state index is 12.9. The number of urea groups is 1. The normalized spacial score (nSPS) is 11.2. The Balaban J connectivity index is 0.000000286. The number of carbonyl (C=O) groups excluding carboxylic acids is 2. The van der Waals surface area contributed by atoms with E-state index in [2.05, 4.69) is 15.3 Å². The van der Waals surface area contributed by atoms with Gasteiger partial charge < -0.3 is 23.1 Å². The number of carbonyl (C=O) groups is 2. The van der Waals surface area contributed by atoms with Crippen LogP contribution in [0.5, 0.6) is 23.3 Å². The Hall–Kier alpha value is -5.83. The van der Waals surface area contributed by atoms with E-state index in [9.17, 15) is 40.8 Å². The summed E-state index contributed by atoms with van der Waals surface area (Å²) in [7, 11) is -0.871. The van der Waals surface area contributed by atoms with Crippen molar-refractivity contribution in [1.29, 1.82) is 0 Å². The van der Waals surface area contributed by atoms with Gasteiger partial charge in [-0.25, -0.2) is 23.7 Å². The van der Waals surface area contributed by atoms with Gasteiger partial charge in [0.25, 0.3) is 5.56 Å². The Morgan fingerprint density at radius 3 is 2.11 bits per heavy atom. The second-order valence-electron chi connectivity index (χ2n) is 10.4. The summed E-state index contributed by atoms with van der Waals surface area (Å²) in [5.74, 6) is -0.647. The first-order valence-electron chi connectivity index (χ1n) is 14.9. The summed E-state index contributed by atoms with van der Waals surface area (Å²) in [6.07, 6.45) is -5.30. The van der Waals surface area contributed by atoms with Gasteiger partial charge >= 0.3 is 34.2 Å². The standard InChI is InChI=1S/C16H14ClF3N2O4.C15H18N4O7S/c1-8(2)26-14(24)10-6-9(4-5-11(10)17)22-13(23)7-12(16(18,19)20)21(3)15(22)25;1-4-25-10-7-5-6-8-11(10)26-27(21,22)19-15(20)18-14-16-12(23-2)9-13(17-14)24-3/h4-8H,1-3H3;5-9H,4H2,1-3H3,(H2,16,17,18,19,20). The molecule has 0 aliphatic rings. The maximum Gasteiger partial charge on any atom is 0.431 e. The molecule has 0 spiro atoms. The lowest BCUT2D eigenvalue weighted by Gasteiger charge is -2.15. The van der Waals surface area contributed by atoms with E-state index in [0.29, 0.717) is 21.8 Å². The molecule has 17 nitrogen and oxygen atoms in total. The van der Waals surface area contributed by atoms with Crippen molar-refractivity contribution in [3.05, 3.63) is 91.7 Å². The van der Waals surface area contributed by atoms with Gasteiger partial charge in [0.1, 0.15) is 5.69 Å². The molecule has 2 aromatic carbocycles. The zero-order valence-electron chi connectivity index (χ0n) is 28.7. The van der Waals surface area contributed by atoms with Crippen LogP contribution in [0.2, 0.25) is 5.02 Å². The number of methoxy groups -OCH3 is 2. The third-order valence-corrected chi connectivity index (χ3v) is 7.43. The summed E-state index contributed by atoms with van der Waals surface area (Å²) < 4.78 is 90.3. The van der Waals surface area contributed by atoms with Crippen molar-refractivity contribution in [1.82, 2.24) is 23.8 Å². The highest BCUT2D eigenvalue weighted by atomic mass is 35.5. The van der Waals surface area contributed by atoms with E-state index in [4.69, 9.17) is 34.7 Å². The minimum atomic E-state index is -4.86. The number of amides is 2. The average molecular weight is 789 g/mol. The predicted octanol–water partition coefficient (Wildman–Crippen LogP) is 4.11. The van der Waals surface area contributed by atoms with Crippen LogP contribution in [0.25, 0.3) is 5.69 Å². The Morgan fingerprint density at radius 2 is 1.57 bits per heavy atom. The molecule has 0 bridgehead atoms. The number of anilines is 1. The quantitative estimate of drug-likeness (QED) is 0.205. The molecule has 0 aliphatic carbocycles. The SMILES string of the molecule is CC(C)OC(=O)c1cc(-n2c(=O)cc(C(F)(F)F)n(C)c2=O)ccc1Cl.CCOc1ccccc1OS(=O)(=O)NC(=O)Nc1nc(OC)cc(OC)n1. The first kappa shape index (κ1) is 41.6. The molecule has 4 aromatic rings. The molecule has 286 valence electrons. The topological polar surface area (TPSA) is 208 Å². The van der Waals surface area contributed by atoms with Crippen LogP contribution in [0.1, 0.15) is 36.8 Å². The van der Waals surface area contributed by atoms with E-state index >= 15 is 0 Å². The number of esters is 1. The molecular formula is C31H32ClF3N6O11S. The molecule has 2 N–H and O–H groups in total. The minimum Gasteiger partial charge on any atom is -0.490 e. The number of rotatable bonds is 11. The molecule has 0 radical (unpaired) electrons. The second-order valence-corrected chi connectivity index (χ2v) is 12.1. The highest BCUT2D eigenvalue weighted by molar-refractivity contribution is 7.85. The largest absolute Gasteiger partial charge is 0.490 e. The smallest absolute Gasteiger partial charge is 0.431 e.